The molecule has 4 heteroatoms. The molecular weight excluding hydrogens is 232 g/mol. The van der Waals surface area contributed by atoms with E-state index in [4.69, 9.17) is 4.42 Å². The molecule has 0 saturated heterocycles. The molecule has 1 aromatic carbocycles. The standard InChI is InChI=1S/C13H16N2OS/c1-3-14-9-13-15-8-11(16-13)10-6-4-5-7-12(10)17-2/h4-8,14H,3,9H2,1-2H3. The lowest BCUT2D eigenvalue weighted by Gasteiger charge is -2.02. The van der Waals surface area contributed by atoms with Gasteiger partial charge in [-0.2, -0.15) is 0 Å². The molecule has 0 bridgehead atoms. The van der Waals surface area contributed by atoms with Gasteiger partial charge >= 0.3 is 0 Å². The highest BCUT2D eigenvalue weighted by atomic mass is 32.2. The van der Waals surface area contributed by atoms with Crippen molar-refractivity contribution >= 4 is 11.8 Å². The SMILES string of the molecule is CCNCc1ncc(-c2ccccc2SC)o1. The molecule has 0 unspecified atom stereocenters. The monoisotopic (exact) mass is 248 g/mol. The summed E-state index contributed by atoms with van der Waals surface area (Å²) < 4.78 is 5.73. The quantitative estimate of drug-likeness (QED) is 0.825. The van der Waals surface area contributed by atoms with E-state index in [2.05, 4.69) is 35.6 Å². The van der Waals surface area contributed by atoms with Gasteiger partial charge in [-0.3, -0.25) is 0 Å². The second kappa shape index (κ2) is 5.89. The zero-order valence-electron chi connectivity index (χ0n) is 10.1. The Morgan fingerprint density at radius 3 is 2.94 bits per heavy atom. The van der Waals surface area contributed by atoms with Gasteiger partial charge in [-0.1, -0.05) is 25.1 Å². The summed E-state index contributed by atoms with van der Waals surface area (Å²) in [6.07, 6.45) is 3.86. The number of nitrogens with zero attached hydrogens (tertiary/aromatic N) is 1. The van der Waals surface area contributed by atoms with Gasteiger partial charge in [-0.05, 0) is 18.9 Å². The molecular formula is C13H16N2OS. The lowest BCUT2D eigenvalue weighted by atomic mass is 10.2. The molecule has 1 heterocycles. The van der Waals surface area contributed by atoms with Crippen LogP contribution in [0.15, 0.2) is 39.8 Å². The fourth-order valence-corrected chi connectivity index (χ4v) is 2.20. The van der Waals surface area contributed by atoms with E-state index in [1.807, 2.05) is 12.1 Å². The first-order chi connectivity index (χ1) is 8.35. The average Bonchev–Trinajstić information content (AvgIpc) is 2.85. The third-order valence-electron chi connectivity index (χ3n) is 2.45. The number of rotatable bonds is 5. The third-order valence-corrected chi connectivity index (χ3v) is 3.25. The first kappa shape index (κ1) is 12.2. The van der Waals surface area contributed by atoms with Gasteiger partial charge in [0.1, 0.15) is 0 Å². The first-order valence-corrected chi connectivity index (χ1v) is 6.86. The zero-order valence-corrected chi connectivity index (χ0v) is 10.9. The van der Waals surface area contributed by atoms with Crippen LogP contribution in [0.2, 0.25) is 0 Å². The molecule has 1 aromatic heterocycles. The number of nitrogens with one attached hydrogen (secondary N) is 1. The Hall–Kier alpha value is -1.26. The summed E-state index contributed by atoms with van der Waals surface area (Å²) >= 11 is 1.71. The number of hydrogen-bond donors (Lipinski definition) is 1. The van der Waals surface area contributed by atoms with Crippen LogP contribution >= 0.6 is 11.8 Å². The summed E-state index contributed by atoms with van der Waals surface area (Å²) in [6.45, 7) is 3.66. The minimum Gasteiger partial charge on any atom is -0.439 e. The van der Waals surface area contributed by atoms with E-state index < -0.39 is 0 Å². The number of aromatic nitrogens is 1. The van der Waals surface area contributed by atoms with Crippen molar-refractivity contribution in [3.63, 3.8) is 0 Å². The molecule has 0 amide bonds. The van der Waals surface area contributed by atoms with E-state index in [9.17, 15) is 0 Å². The maximum absolute atomic E-state index is 5.73. The van der Waals surface area contributed by atoms with Crippen LogP contribution in [0.3, 0.4) is 0 Å². The Labute approximate surface area is 106 Å². The smallest absolute Gasteiger partial charge is 0.208 e. The Morgan fingerprint density at radius 2 is 2.18 bits per heavy atom. The number of hydrogen-bond acceptors (Lipinski definition) is 4. The molecule has 90 valence electrons. The minimum atomic E-state index is 0.679. The van der Waals surface area contributed by atoms with Crippen LogP contribution in [-0.4, -0.2) is 17.8 Å². The highest BCUT2D eigenvalue weighted by molar-refractivity contribution is 7.98. The largest absolute Gasteiger partial charge is 0.439 e. The summed E-state index contributed by atoms with van der Waals surface area (Å²) in [5, 5.41) is 3.20. The van der Waals surface area contributed by atoms with E-state index in [0.717, 1.165) is 23.8 Å². The van der Waals surface area contributed by atoms with E-state index in [-0.39, 0.29) is 0 Å². The van der Waals surface area contributed by atoms with Crippen molar-refractivity contribution in [3.05, 3.63) is 36.4 Å². The zero-order chi connectivity index (χ0) is 12.1. The molecule has 0 saturated carbocycles. The minimum absolute atomic E-state index is 0.679. The molecule has 2 rings (SSSR count). The van der Waals surface area contributed by atoms with Gasteiger partial charge < -0.3 is 9.73 Å². The van der Waals surface area contributed by atoms with Crippen LogP contribution < -0.4 is 5.32 Å². The predicted octanol–water partition coefficient (Wildman–Crippen LogP) is 3.17. The summed E-state index contributed by atoms with van der Waals surface area (Å²) in [6, 6.07) is 8.20. The Kier molecular flexibility index (Phi) is 4.23. The first-order valence-electron chi connectivity index (χ1n) is 5.64. The second-order valence-corrected chi connectivity index (χ2v) is 4.45. The lowest BCUT2D eigenvalue weighted by Crippen LogP contribution is -2.11. The van der Waals surface area contributed by atoms with E-state index in [0.29, 0.717) is 6.54 Å². The number of oxazole rings is 1. The van der Waals surface area contributed by atoms with Gasteiger partial charge in [-0.25, -0.2) is 4.98 Å². The highest BCUT2D eigenvalue weighted by Gasteiger charge is 2.09. The van der Waals surface area contributed by atoms with Crippen molar-refractivity contribution in [2.24, 2.45) is 0 Å². The Bertz CT molecular complexity index is 482. The number of thioether (sulfide) groups is 1. The average molecular weight is 248 g/mol. The van der Waals surface area contributed by atoms with E-state index in [1.165, 1.54) is 4.90 Å². The second-order valence-electron chi connectivity index (χ2n) is 3.60. The van der Waals surface area contributed by atoms with Gasteiger partial charge in [0.2, 0.25) is 5.89 Å². The fraction of sp³-hybridized carbons (Fsp3) is 0.308. The van der Waals surface area contributed by atoms with Crippen LogP contribution in [0.5, 0.6) is 0 Å². The molecule has 0 fully saturated rings. The molecule has 17 heavy (non-hydrogen) atoms. The topological polar surface area (TPSA) is 38.1 Å². The molecule has 2 aromatic rings. The van der Waals surface area contributed by atoms with Crippen molar-refractivity contribution in [3.8, 4) is 11.3 Å². The van der Waals surface area contributed by atoms with Gasteiger partial charge in [0, 0.05) is 10.5 Å². The van der Waals surface area contributed by atoms with Gasteiger partial charge in [0.25, 0.3) is 0 Å². The van der Waals surface area contributed by atoms with Crippen LogP contribution in [0.4, 0.5) is 0 Å². The Morgan fingerprint density at radius 1 is 1.35 bits per heavy atom. The molecule has 1 N–H and O–H groups in total. The van der Waals surface area contributed by atoms with Gasteiger partial charge in [0.15, 0.2) is 5.76 Å². The number of benzene rings is 1. The summed E-state index contributed by atoms with van der Waals surface area (Å²) in [5.41, 5.74) is 1.11. The fourth-order valence-electron chi connectivity index (χ4n) is 1.60. The molecule has 0 aliphatic heterocycles. The normalized spacial score (nSPS) is 10.7. The van der Waals surface area contributed by atoms with Crippen molar-refractivity contribution in [2.75, 3.05) is 12.8 Å². The highest BCUT2D eigenvalue weighted by Crippen LogP contribution is 2.30. The lowest BCUT2D eigenvalue weighted by molar-refractivity contribution is 0.482. The van der Waals surface area contributed by atoms with Gasteiger partial charge in [-0.15, -0.1) is 11.8 Å². The van der Waals surface area contributed by atoms with Crippen LogP contribution in [0, 0.1) is 0 Å². The molecule has 3 nitrogen and oxygen atoms in total. The van der Waals surface area contributed by atoms with Crippen molar-refractivity contribution in [1.29, 1.82) is 0 Å². The Balaban J connectivity index is 2.24. The molecule has 0 atom stereocenters. The third kappa shape index (κ3) is 2.90. The molecule has 0 radical (unpaired) electrons. The summed E-state index contributed by atoms with van der Waals surface area (Å²) in [4.78, 5) is 5.47. The van der Waals surface area contributed by atoms with Crippen molar-refractivity contribution < 1.29 is 4.42 Å². The van der Waals surface area contributed by atoms with Crippen molar-refractivity contribution in [1.82, 2.24) is 10.3 Å². The van der Waals surface area contributed by atoms with Crippen molar-refractivity contribution in [2.45, 2.75) is 18.4 Å². The summed E-state index contributed by atoms with van der Waals surface area (Å²) in [5.74, 6) is 1.57. The maximum atomic E-state index is 5.73. The van der Waals surface area contributed by atoms with Crippen LogP contribution in [0.25, 0.3) is 11.3 Å². The predicted molar refractivity (Wildman–Crippen MR) is 71.1 cm³/mol. The van der Waals surface area contributed by atoms with Crippen LogP contribution in [-0.2, 0) is 6.54 Å². The van der Waals surface area contributed by atoms with Gasteiger partial charge in [0.05, 0.1) is 12.7 Å². The molecule has 0 aliphatic carbocycles. The van der Waals surface area contributed by atoms with E-state index in [1.54, 1.807) is 18.0 Å². The molecule has 0 aliphatic rings. The van der Waals surface area contributed by atoms with Crippen LogP contribution in [0.1, 0.15) is 12.8 Å². The summed E-state index contributed by atoms with van der Waals surface area (Å²) in [7, 11) is 0. The van der Waals surface area contributed by atoms with E-state index >= 15 is 0 Å². The molecule has 0 spiro atoms. The maximum Gasteiger partial charge on any atom is 0.208 e.